The number of aryl methyl sites for hydroxylation is 1. The minimum absolute atomic E-state index is 0.164. The molecule has 4 N–H and O–H groups in total. The molecule has 224 valence electrons. The van der Waals surface area contributed by atoms with Gasteiger partial charge in [-0.25, -0.2) is 8.42 Å². The number of carbonyl (C=O) groups excluding carboxylic acids is 1. The maximum Gasteiger partial charge on any atom is 0.272 e. The average molecular weight is 621 g/mol. The minimum atomic E-state index is -3.74. The Morgan fingerprint density at radius 3 is 2.63 bits per heavy atom. The van der Waals surface area contributed by atoms with Crippen LogP contribution < -0.4 is 15.4 Å². The summed E-state index contributed by atoms with van der Waals surface area (Å²) in [5, 5.41) is 34.6. The van der Waals surface area contributed by atoms with E-state index in [1.165, 1.54) is 23.5 Å². The Bertz CT molecular complexity index is 1790. The second-order valence-corrected chi connectivity index (χ2v) is 13.2. The number of nitrogens with one attached hydrogen (secondary N) is 3. The van der Waals surface area contributed by atoms with Crippen LogP contribution in [0, 0.1) is 0 Å². The quantitative estimate of drug-likeness (QED) is 0.154. The van der Waals surface area contributed by atoms with Crippen molar-refractivity contribution in [2.75, 3.05) is 11.3 Å². The summed E-state index contributed by atoms with van der Waals surface area (Å²) in [5.41, 5.74) is 3.12. The smallest absolute Gasteiger partial charge is 0.272 e. The molecular weight excluding hydrogens is 589 g/mol. The number of carbonyl (C=O) groups is 1. The first-order chi connectivity index (χ1) is 20.6. The zero-order chi connectivity index (χ0) is 30.5. The van der Waals surface area contributed by atoms with Crippen molar-refractivity contribution in [3.63, 3.8) is 0 Å². The Morgan fingerprint density at radius 2 is 1.86 bits per heavy atom. The Kier molecular flexibility index (Phi) is 9.11. The number of aromatic nitrogens is 5. The lowest BCUT2D eigenvalue weighted by Crippen LogP contribution is -2.42. The van der Waals surface area contributed by atoms with Crippen LogP contribution in [-0.4, -0.2) is 56.5 Å². The zero-order valence-electron chi connectivity index (χ0n) is 23.6. The Balaban J connectivity index is 1.15. The molecule has 43 heavy (non-hydrogen) atoms. The second-order valence-electron chi connectivity index (χ2n) is 10.6. The molecule has 0 unspecified atom stereocenters. The molecule has 5 rings (SSSR count). The van der Waals surface area contributed by atoms with Gasteiger partial charge in [0, 0.05) is 35.9 Å². The number of rotatable bonds is 13. The molecule has 0 saturated heterocycles. The highest BCUT2D eigenvalue weighted by Gasteiger charge is 2.21. The van der Waals surface area contributed by atoms with Crippen LogP contribution in [0.15, 0.2) is 83.3 Å². The van der Waals surface area contributed by atoms with Crippen LogP contribution in [-0.2, 0) is 23.1 Å². The van der Waals surface area contributed by atoms with Crippen LogP contribution in [0.2, 0.25) is 0 Å². The van der Waals surface area contributed by atoms with Gasteiger partial charge in [-0.2, -0.15) is 0 Å². The number of β-amino-alcohol motifs (C(OH)–C–C–N with tert-alkyl or cyclic N) is 1. The number of hydrogen-bond acceptors (Lipinski definition) is 10. The lowest BCUT2D eigenvalue weighted by atomic mass is 9.99. The van der Waals surface area contributed by atoms with E-state index in [2.05, 4.69) is 35.8 Å². The van der Waals surface area contributed by atoms with Gasteiger partial charge in [-0.15, -0.1) is 31.7 Å². The maximum atomic E-state index is 12.7. The van der Waals surface area contributed by atoms with Gasteiger partial charge in [0.25, 0.3) is 15.9 Å². The highest BCUT2D eigenvalue weighted by Crippen LogP contribution is 2.22. The molecule has 2 aromatic carbocycles. The SMILES string of the molecule is CC(C)(CCn1ccc2cc(C(=O)NCc3nncs3)nnc21)NC[C@H](O)c1cccc(NS(=O)(=O)c2ccccc2)c1. The van der Waals surface area contributed by atoms with Gasteiger partial charge in [-0.05, 0) is 62.2 Å². The number of aliphatic hydroxyl groups is 1. The van der Waals surface area contributed by atoms with Crippen molar-refractivity contribution < 1.29 is 18.3 Å². The average Bonchev–Trinajstić information content (AvgIpc) is 3.68. The molecule has 3 heterocycles. The van der Waals surface area contributed by atoms with E-state index in [0.29, 0.717) is 34.9 Å². The van der Waals surface area contributed by atoms with E-state index in [1.807, 2.05) is 30.7 Å². The van der Waals surface area contributed by atoms with E-state index >= 15 is 0 Å². The van der Waals surface area contributed by atoms with E-state index < -0.39 is 16.1 Å². The summed E-state index contributed by atoms with van der Waals surface area (Å²) in [4.78, 5) is 12.7. The molecule has 0 spiro atoms. The van der Waals surface area contributed by atoms with Gasteiger partial charge in [0.2, 0.25) is 0 Å². The van der Waals surface area contributed by atoms with Crippen molar-refractivity contribution >= 4 is 44.0 Å². The fraction of sp³-hybridized carbons (Fsp3) is 0.276. The second kappa shape index (κ2) is 13.0. The van der Waals surface area contributed by atoms with E-state index in [1.54, 1.807) is 54.0 Å². The van der Waals surface area contributed by atoms with Crippen LogP contribution in [0.25, 0.3) is 11.0 Å². The summed E-state index contributed by atoms with van der Waals surface area (Å²) in [5.74, 6) is -0.333. The number of aliphatic hydroxyl groups excluding tert-OH is 1. The number of anilines is 1. The molecule has 0 fully saturated rings. The van der Waals surface area contributed by atoms with Crippen molar-refractivity contribution in [2.45, 2.75) is 49.9 Å². The molecule has 0 saturated carbocycles. The summed E-state index contributed by atoms with van der Waals surface area (Å²) < 4.78 is 29.9. The van der Waals surface area contributed by atoms with E-state index in [9.17, 15) is 18.3 Å². The lowest BCUT2D eigenvalue weighted by molar-refractivity contribution is 0.0945. The van der Waals surface area contributed by atoms with Crippen molar-refractivity contribution in [1.82, 2.24) is 35.6 Å². The first-order valence-electron chi connectivity index (χ1n) is 13.6. The predicted octanol–water partition coefficient (Wildman–Crippen LogP) is 3.51. The van der Waals surface area contributed by atoms with Gasteiger partial charge < -0.3 is 20.3 Å². The van der Waals surface area contributed by atoms with Gasteiger partial charge in [-0.1, -0.05) is 30.3 Å². The van der Waals surface area contributed by atoms with Crippen LogP contribution in [0.5, 0.6) is 0 Å². The first-order valence-corrected chi connectivity index (χ1v) is 15.9. The molecule has 0 aliphatic carbocycles. The molecule has 5 aromatic rings. The Labute approximate surface area is 253 Å². The topological polar surface area (TPSA) is 164 Å². The fourth-order valence-electron chi connectivity index (χ4n) is 4.40. The highest BCUT2D eigenvalue weighted by atomic mass is 32.2. The third-order valence-electron chi connectivity index (χ3n) is 6.88. The summed E-state index contributed by atoms with van der Waals surface area (Å²) in [6.07, 6.45) is 1.77. The van der Waals surface area contributed by atoms with Crippen molar-refractivity contribution in [2.24, 2.45) is 0 Å². The lowest BCUT2D eigenvalue weighted by Gasteiger charge is -2.28. The largest absolute Gasteiger partial charge is 0.387 e. The monoisotopic (exact) mass is 620 g/mol. The molecule has 1 amide bonds. The molecule has 12 nitrogen and oxygen atoms in total. The van der Waals surface area contributed by atoms with Gasteiger partial charge in [0.1, 0.15) is 10.5 Å². The fourth-order valence-corrected chi connectivity index (χ4v) is 5.94. The van der Waals surface area contributed by atoms with Crippen LogP contribution in [0.4, 0.5) is 5.69 Å². The third kappa shape index (κ3) is 7.78. The number of benzene rings is 2. The standard InChI is InChI=1S/C29H32N8O4S2/c1-29(2,31-17-25(38)20-7-6-8-22(15-20)36-43(40,41)23-9-4-3-5-10-23)12-14-37-13-11-21-16-24(33-35-27(21)37)28(39)30-18-26-34-32-19-42-26/h3-11,13,15-16,19,25,31,36,38H,12,14,17-18H2,1-2H3,(H,30,39)/t25-/m0/s1. The van der Waals surface area contributed by atoms with Gasteiger partial charge in [-0.3, -0.25) is 9.52 Å². The zero-order valence-corrected chi connectivity index (χ0v) is 25.3. The summed E-state index contributed by atoms with van der Waals surface area (Å²) in [7, 11) is -3.74. The Hall–Kier alpha value is -4.24. The van der Waals surface area contributed by atoms with Gasteiger partial charge in [0.15, 0.2) is 11.3 Å². The molecule has 0 aliphatic heterocycles. The normalized spacial score (nSPS) is 12.7. The van der Waals surface area contributed by atoms with E-state index in [0.717, 1.165) is 5.39 Å². The molecule has 3 aromatic heterocycles. The number of nitrogens with zero attached hydrogens (tertiary/aromatic N) is 5. The molecule has 0 radical (unpaired) electrons. The van der Waals surface area contributed by atoms with E-state index in [-0.39, 0.29) is 35.1 Å². The molecule has 1 atom stereocenters. The number of fused-ring (bicyclic) bond motifs is 1. The number of sulfonamides is 1. The number of hydrogen-bond donors (Lipinski definition) is 4. The first kappa shape index (κ1) is 30.2. The van der Waals surface area contributed by atoms with E-state index in [4.69, 9.17) is 0 Å². The van der Waals surface area contributed by atoms with Crippen molar-refractivity contribution in [1.29, 1.82) is 0 Å². The van der Waals surface area contributed by atoms with Crippen molar-refractivity contribution in [3.8, 4) is 0 Å². The summed E-state index contributed by atoms with van der Waals surface area (Å²) in [6, 6.07) is 18.5. The minimum Gasteiger partial charge on any atom is -0.387 e. The van der Waals surface area contributed by atoms with Gasteiger partial charge >= 0.3 is 0 Å². The molecule has 0 aliphatic rings. The van der Waals surface area contributed by atoms with Crippen molar-refractivity contribution in [3.05, 3.63) is 94.7 Å². The molecule has 0 bridgehead atoms. The highest BCUT2D eigenvalue weighted by molar-refractivity contribution is 7.92. The molecular formula is C29H32N8O4S2. The van der Waals surface area contributed by atoms with Crippen LogP contribution in [0.3, 0.4) is 0 Å². The summed E-state index contributed by atoms with van der Waals surface area (Å²) >= 11 is 1.36. The number of amides is 1. The third-order valence-corrected chi connectivity index (χ3v) is 8.97. The predicted molar refractivity (Wildman–Crippen MR) is 164 cm³/mol. The maximum absolute atomic E-state index is 12.7. The molecule has 14 heteroatoms. The van der Waals surface area contributed by atoms with Crippen LogP contribution in [0.1, 0.15) is 47.4 Å². The Morgan fingerprint density at radius 1 is 1.05 bits per heavy atom. The van der Waals surface area contributed by atoms with Crippen LogP contribution >= 0.6 is 11.3 Å². The van der Waals surface area contributed by atoms with Gasteiger partial charge in [0.05, 0.1) is 17.5 Å². The summed E-state index contributed by atoms with van der Waals surface area (Å²) in [6.45, 7) is 5.26.